The summed E-state index contributed by atoms with van der Waals surface area (Å²) in [6.45, 7) is 5.78. The minimum atomic E-state index is -3.71. The molecule has 0 N–H and O–H groups in total. The Bertz CT molecular complexity index is 1030. The molecule has 0 spiro atoms. The molecule has 2 fully saturated rings. The van der Waals surface area contributed by atoms with Crippen molar-refractivity contribution in [3.05, 3.63) is 30.1 Å². The molecule has 0 atom stereocenters. The summed E-state index contributed by atoms with van der Waals surface area (Å²) in [5.41, 5.74) is 0. The lowest BCUT2D eigenvalue weighted by Gasteiger charge is -2.35. The number of sulfonamides is 1. The van der Waals surface area contributed by atoms with Crippen molar-refractivity contribution < 1.29 is 17.9 Å². The van der Waals surface area contributed by atoms with Crippen molar-refractivity contribution in [2.45, 2.75) is 24.7 Å². The normalized spacial score (nSPS) is 17.8. The van der Waals surface area contributed by atoms with E-state index in [1.165, 1.54) is 37.4 Å². The van der Waals surface area contributed by atoms with E-state index in [-0.39, 0.29) is 4.90 Å². The highest BCUT2D eigenvalue weighted by Gasteiger charge is 2.32. The highest BCUT2D eigenvalue weighted by atomic mass is 32.2. The molecule has 0 aliphatic carbocycles. The predicted molar refractivity (Wildman–Crippen MR) is 119 cm³/mol. The van der Waals surface area contributed by atoms with Gasteiger partial charge in [-0.1, -0.05) is 0 Å². The summed E-state index contributed by atoms with van der Waals surface area (Å²) in [6, 6.07) is 6.83. The Morgan fingerprint density at radius 3 is 2.03 bits per heavy atom. The van der Waals surface area contributed by atoms with Crippen LogP contribution in [0.4, 0.5) is 11.6 Å². The van der Waals surface area contributed by atoms with Crippen LogP contribution in [0.1, 0.15) is 18.7 Å². The van der Waals surface area contributed by atoms with E-state index in [1.807, 2.05) is 13.0 Å². The summed E-state index contributed by atoms with van der Waals surface area (Å²) in [7, 11) is -0.734. The summed E-state index contributed by atoms with van der Waals surface area (Å²) in [5.74, 6) is 3.32. The average molecular weight is 448 g/mol. The van der Waals surface area contributed by atoms with E-state index in [0.29, 0.717) is 37.7 Å². The van der Waals surface area contributed by atoms with Gasteiger partial charge in [-0.15, -0.1) is 0 Å². The molecule has 0 bridgehead atoms. The zero-order chi connectivity index (χ0) is 22.0. The molecule has 0 radical (unpaired) electrons. The van der Waals surface area contributed by atoms with Gasteiger partial charge in [0.25, 0.3) is 0 Å². The molecule has 0 amide bonds. The molecule has 2 saturated heterocycles. The summed E-state index contributed by atoms with van der Waals surface area (Å²) in [6.07, 6.45) is 2.37. The van der Waals surface area contributed by atoms with Crippen LogP contribution in [-0.4, -0.2) is 76.2 Å². The van der Waals surface area contributed by atoms with Gasteiger partial charge >= 0.3 is 0 Å². The van der Waals surface area contributed by atoms with Gasteiger partial charge in [-0.2, -0.15) is 4.31 Å². The molecule has 1 aromatic heterocycles. The third-order valence-electron chi connectivity index (χ3n) is 5.79. The van der Waals surface area contributed by atoms with Gasteiger partial charge in [0, 0.05) is 51.4 Å². The second kappa shape index (κ2) is 8.88. The Hall–Kier alpha value is -2.59. The number of piperazine rings is 1. The molecule has 2 aromatic rings. The first-order valence-electron chi connectivity index (χ1n) is 10.5. The van der Waals surface area contributed by atoms with Gasteiger partial charge in [-0.25, -0.2) is 18.4 Å². The third-order valence-corrected chi connectivity index (χ3v) is 7.71. The molecule has 1 aromatic carbocycles. The van der Waals surface area contributed by atoms with Crippen LogP contribution in [0.25, 0.3) is 0 Å². The highest BCUT2D eigenvalue weighted by Crippen LogP contribution is 2.31. The monoisotopic (exact) mass is 447 g/mol. The first-order chi connectivity index (χ1) is 14.9. The number of hydrogen-bond donors (Lipinski definition) is 0. The van der Waals surface area contributed by atoms with Gasteiger partial charge in [0.05, 0.1) is 14.2 Å². The molecule has 31 heavy (non-hydrogen) atoms. The Kier molecular flexibility index (Phi) is 6.19. The first kappa shape index (κ1) is 21.6. The summed E-state index contributed by atoms with van der Waals surface area (Å²) < 4.78 is 38.6. The standard InChI is InChI=1S/C21H29N5O4S/c1-16-22-20(24-8-4-5-9-24)15-21(23-16)25-10-12-26(13-11-25)31(27,28)19-14-17(29-2)6-7-18(19)30-3/h6-7,14-15H,4-5,8-13H2,1-3H3. The molecular weight excluding hydrogens is 418 g/mol. The quantitative estimate of drug-likeness (QED) is 0.664. The van der Waals surface area contributed by atoms with Crippen molar-refractivity contribution in [1.82, 2.24) is 14.3 Å². The van der Waals surface area contributed by atoms with Crippen LogP contribution in [-0.2, 0) is 10.0 Å². The number of aromatic nitrogens is 2. The highest BCUT2D eigenvalue weighted by molar-refractivity contribution is 7.89. The number of ether oxygens (including phenoxy) is 2. The van der Waals surface area contributed by atoms with Crippen LogP contribution in [0.5, 0.6) is 11.5 Å². The fourth-order valence-corrected chi connectivity index (χ4v) is 5.68. The van der Waals surface area contributed by atoms with E-state index in [4.69, 9.17) is 9.47 Å². The SMILES string of the molecule is COc1ccc(OC)c(S(=O)(=O)N2CCN(c3cc(N4CCCC4)nc(C)n3)CC2)c1. The second-order valence-corrected chi connectivity index (χ2v) is 9.64. The smallest absolute Gasteiger partial charge is 0.247 e. The number of aryl methyl sites for hydroxylation is 1. The molecule has 10 heteroatoms. The maximum Gasteiger partial charge on any atom is 0.247 e. The maximum absolute atomic E-state index is 13.3. The molecule has 3 heterocycles. The van der Waals surface area contributed by atoms with Crippen molar-refractivity contribution >= 4 is 21.7 Å². The average Bonchev–Trinajstić information content (AvgIpc) is 3.33. The summed E-state index contributed by atoms with van der Waals surface area (Å²) in [5, 5.41) is 0. The van der Waals surface area contributed by atoms with E-state index in [2.05, 4.69) is 19.8 Å². The van der Waals surface area contributed by atoms with E-state index in [9.17, 15) is 8.42 Å². The number of anilines is 2. The molecule has 0 saturated carbocycles. The van der Waals surface area contributed by atoms with Gasteiger partial charge in [0.15, 0.2) is 0 Å². The number of hydrogen-bond acceptors (Lipinski definition) is 8. The zero-order valence-corrected chi connectivity index (χ0v) is 19.1. The number of rotatable bonds is 6. The largest absolute Gasteiger partial charge is 0.497 e. The Balaban J connectivity index is 1.51. The van der Waals surface area contributed by atoms with Crippen molar-refractivity contribution in [2.24, 2.45) is 0 Å². The molecule has 9 nitrogen and oxygen atoms in total. The summed E-state index contributed by atoms with van der Waals surface area (Å²) in [4.78, 5) is 13.7. The van der Waals surface area contributed by atoms with Crippen LogP contribution in [0, 0.1) is 6.92 Å². The van der Waals surface area contributed by atoms with Crippen LogP contribution in [0.2, 0.25) is 0 Å². The second-order valence-electron chi connectivity index (χ2n) is 7.73. The zero-order valence-electron chi connectivity index (χ0n) is 18.2. The molecular formula is C21H29N5O4S. The van der Waals surface area contributed by atoms with Crippen molar-refractivity contribution in [3.8, 4) is 11.5 Å². The van der Waals surface area contributed by atoms with E-state index in [1.54, 1.807) is 12.1 Å². The molecule has 2 aliphatic heterocycles. The number of methoxy groups -OCH3 is 2. The van der Waals surface area contributed by atoms with Crippen molar-refractivity contribution in [3.63, 3.8) is 0 Å². The van der Waals surface area contributed by atoms with Crippen molar-refractivity contribution in [1.29, 1.82) is 0 Å². The Morgan fingerprint density at radius 2 is 1.45 bits per heavy atom. The van der Waals surface area contributed by atoms with Crippen molar-refractivity contribution in [2.75, 3.05) is 63.3 Å². The Labute approximate surface area is 183 Å². The lowest BCUT2D eigenvalue weighted by atomic mass is 10.3. The van der Waals surface area contributed by atoms with Crippen LogP contribution >= 0.6 is 0 Å². The van der Waals surface area contributed by atoms with Gasteiger partial charge in [-0.3, -0.25) is 0 Å². The minimum Gasteiger partial charge on any atom is -0.497 e. The third kappa shape index (κ3) is 4.40. The van der Waals surface area contributed by atoms with E-state index in [0.717, 1.165) is 30.5 Å². The Morgan fingerprint density at radius 1 is 0.839 bits per heavy atom. The molecule has 0 unspecified atom stereocenters. The molecule has 4 rings (SSSR count). The van der Waals surface area contributed by atoms with E-state index >= 15 is 0 Å². The van der Waals surface area contributed by atoms with Gasteiger partial charge in [0.1, 0.15) is 33.9 Å². The maximum atomic E-state index is 13.3. The van der Waals surface area contributed by atoms with Crippen LogP contribution in [0.15, 0.2) is 29.2 Å². The van der Waals surface area contributed by atoms with Crippen LogP contribution in [0.3, 0.4) is 0 Å². The number of benzene rings is 1. The lowest BCUT2D eigenvalue weighted by molar-refractivity contribution is 0.370. The molecule has 168 valence electrons. The first-order valence-corrected chi connectivity index (χ1v) is 11.9. The van der Waals surface area contributed by atoms with E-state index < -0.39 is 10.0 Å². The lowest BCUT2D eigenvalue weighted by Crippen LogP contribution is -2.49. The number of nitrogens with zero attached hydrogens (tertiary/aromatic N) is 5. The van der Waals surface area contributed by atoms with Gasteiger partial charge in [-0.05, 0) is 31.9 Å². The van der Waals surface area contributed by atoms with Gasteiger partial charge in [0.2, 0.25) is 10.0 Å². The van der Waals surface area contributed by atoms with Crippen LogP contribution < -0.4 is 19.3 Å². The molecule has 2 aliphatic rings. The topological polar surface area (TPSA) is 88.1 Å². The fraction of sp³-hybridized carbons (Fsp3) is 0.524. The minimum absolute atomic E-state index is 0.122. The fourth-order valence-electron chi connectivity index (χ4n) is 4.09. The van der Waals surface area contributed by atoms with Gasteiger partial charge < -0.3 is 19.3 Å². The summed E-state index contributed by atoms with van der Waals surface area (Å²) >= 11 is 0. The predicted octanol–water partition coefficient (Wildman–Crippen LogP) is 1.91.